The van der Waals surface area contributed by atoms with Gasteiger partial charge in [0, 0.05) is 6.42 Å². The fourth-order valence-corrected chi connectivity index (χ4v) is 1.98. The Morgan fingerprint density at radius 2 is 1.79 bits per heavy atom. The first-order valence-electron chi connectivity index (χ1n) is 6.65. The first kappa shape index (κ1) is 15.4. The lowest BCUT2D eigenvalue weighted by molar-refractivity contribution is -0.161. The van der Waals surface area contributed by atoms with Gasteiger partial charge in [-0.05, 0) is 38.7 Å². The summed E-state index contributed by atoms with van der Waals surface area (Å²) in [5.41, 5.74) is 0.539. The van der Waals surface area contributed by atoms with E-state index in [0.29, 0.717) is 12.0 Å². The number of ether oxygens (including phenoxy) is 2. The Labute approximate surface area is 112 Å². The molecule has 5 nitrogen and oxygen atoms in total. The van der Waals surface area contributed by atoms with E-state index in [1.54, 1.807) is 19.9 Å². The van der Waals surface area contributed by atoms with Crippen molar-refractivity contribution in [3.63, 3.8) is 0 Å². The SMILES string of the molecule is CCOC(=O)C(CC1=CCCCC1=O)C(=O)OCC. The molecule has 0 aromatic carbocycles. The molecular formula is C14H20O5. The highest BCUT2D eigenvalue weighted by molar-refractivity contribution is 6.00. The summed E-state index contributed by atoms with van der Waals surface area (Å²) in [6, 6.07) is 0. The summed E-state index contributed by atoms with van der Waals surface area (Å²) < 4.78 is 9.74. The third-order valence-corrected chi connectivity index (χ3v) is 2.92. The largest absolute Gasteiger partial charge is 0.465 e. The van der Waals surface area contributed by atoms with Crippen LogP contribution in [0.15, 0.2) is 11.6 Å². The van der Waals surface area contributed by atoms with Gasteiger partial charge in [0.15, 0.2) is 11.7 Å². The van der Waals surface area contributed by atoms with Gasteiger partial charge in [-0.15, -0.1) is 0 Å². The Kier molecular flexibility index (Phi) is 6.25. The van der Waals surface area contributed by atoms with Crippen molar-refractivity contribution in [2.45, 2.75) is 39.5 Å². The second-order valence-electron chi connectivity index (χ2n) is 4.31. The Balaban J connectivity index is 2.78. The average Bonchev–Trinajstić information content (AvgIpc) is 2.38. The number of hydrogen-bond acceptors (Lipinski definition) is 5. The molecule has 0 amide bonds. The van der Waals surface area contributed by atoms with Gasteiger partial charge in [-0.25, -0.2) is 0 Å². The Bertz CT molecular complexity index is 365. The normalized spacial score (nSPS) is 15.1. The molecule has 106 valence electrons. The first-order valence-corrected chi connectivity index (χ1v) is 6.65. The van der Waals surface area contributed by atoms with Crippen LogP contribution in [0.3, 0.4) is 0 Å². The van der Waals surface area contributed by atoms with Crippen LogP contribution >= 0.6 is 0 Å². The molecule has 0 aliphatic heterocycles. The number of carbonyl (C=O) groups excluding carboxylic acids is 3. The third kappa shape index (κ3) is 4.50. The van der Waals surface area contributed by atoms with Crippen molar-refractivity contribution in [1.82, 2.24) is 0 Å². The lowest BCUT2D eigenvalue weighted by atomic mass is 9.90. The molecule has 5 heteroatoms. The molecule has 0 aromatic rings. The molecule has 0 unspecified atom stereocenters. The molecule has 0 saturated heterocycles. The van der Waals surface area contributed by atoms with Crippen molar-refractivity contribution in [1.29, 1.82) is 0 Å². The molecule has 1 rings (SSSR count). The van der Waals surface area contributed by atoms with E-state index < -0.39 is 17.9 Å². The zero-order chi connectivity index (χ0) is 14.3. The Morgan fingerprint density at radius 1 is 1.21 bits per heavy atom. The summed E-state index contributed by atoms with van der Waals surface area (Å²) in [6.07, 6.45) is 3.99. The molecule has 0 aromatic heterocycles. The van der Waals surface area contributed by atoms with Gasteiger partial charge in [-0.3, -0.25) is 14.4 Å². The van der Waals surface area contributed by atoms with E-state index in [4.69, 9.17) is 9.47 Å². The van der Waals surface area contributed by atoms with Crippen LogP contribution in [0.25, 0.3) is 0 Å². The standard InChI is InChI=1S/C14H20O5/c1-3-18-13(16)11(14(17)19-4-2)9-10-7-5-6-8-12(10)15/h7,11H,3-6,8-9H2,1-2H3. The highest BCUT2D eigenvalue weighted by Gasteiger charge is 2.32. The summed E-state index contributed by atoms with van der Waals surface area (Å²) >= 11 is 0. The van der Waals surface area contributed by atoms with Crippen LogP contribution in [0.2, 0.25) is 0 Å². The third-order valence-electron chi connectivity index (χ3n) is 2.92. The minimum atomic E-state index is -1.03. The van der Waals surface area contributed by atoms with Crippen molar-refractivity contribution >= 4 is 17.7 Å². The second kappa shape index (κ2) is 7.71. The van der Waals surface area contributed by atoms with Gasteiger partial charge in [0.1, 0.15) is 0 Å². The smallest absolute Gasteiger partial charge is 0.320 e. The fourth-order valence-electron chi connectivity index (χ4n) is 1.98. The van der Waals surface area contributed by atoms with Gasteiger partial charge in [-0.1, -0.05) is 6.08 Å². The molecule has 0 heterocycles. The number of rotatable bonds is 6. The maximum absolute atomic E-state index is 11.8. The van der Waals surface area contributed by atoms with Crippen LogP contribution in [0, 0.1) is 5.92 Å². The van der Waals surface area contributed by atoms with Crippen LogP contribution in [-0.4, -0.2) is 30.9 Å². The molecule has 0 atom stereocenters. The van der Waals surface area contributed by atoms with Crippen molar-refractivity contribution in [3.05, 3.63) is 11.6 Å². The highest BCUT2D eigenvalue weighted by Crippen LogP contribution is 2.22. The Hall–Kier alpha value is -1.65. The number of ketones is 1. The lowest BCUT2D eigenvalue weighted by Gasteiger charge is -2.17. The molecule has 0 radical (unpaired) electrons. The molecule has 1 aliphatic carbocycles. The second-order valence-corrected chi connectivity index (χ2v) is 4.31. The molecule has 0 fully saturated rings. The maximum atomic E-state index is 11.8. The topological polar surface area (TPSA) is 69.7 Å². The van der Waals surface area contributed by atoms with E-state index in [-0.39, 0.29) is 25.4 Å². The highest BCUT2D eigenvalue weighted by atomic mass is 16.6. The molecule has 0 saturated carbocycles. The quantitative estimate of drug-likeness (QED) is 0.542. The van der Waals surface area contributed by atoms with Crippen molar-refractivity contribution in [2.75, 3.05) is 13.2 Å². The van der Waals surface area contributed by atoms with Crippen LogP contribution in [0.1, 0.15) is 39.5 Å². The number of carbonyl (C=O) groups is 3. The van der Waals surface area contributed by atoms with Crippen molar-refractivity contribution in [2.24, 2.45) is 5.92 Å². The molecule has 19 heavy (non-hydrogen) atoms. The summed E-state index contributed by atoms with van der Waals surface area (Å²) in [5.74, 6) is -2.28. The summed E-state index contributed by atoms with van der Waals surface area (Å²) in [5, 5.41) is 0. The molecule has 1 aliphatic rings. The Morgan fingerprint density at radius 3 is 2.26 bits per heavy atom. The van der Waals surface area contributed by atoms with Crippen LogP contribution in [0.5, 0.6) is 0 Å². The lowest BCUT2D eigenvalue weighted by Crippen LogP contribution is -2.29. The van der Waals surface area contributed by atoms with Gasteiger partial charge in [0.2, 0.25) is 0 Å². The van der Waals surface area contributed by atoms with Crippen molar-refractivity contribution in [3.8, 4) is 0 Å². The fraction of sp³-hybridized carbons (Fsp3) is 0.643. The predicted molar refractivity (Wildman–Crippen MR) is 68.3 cm³/mol. The van der Waals surface area contributed by atoms with Gasteiger partial charge in [0.25, 0.3) is 0 Å². The number of Topliss-reactive ketones (excluding diaryl/α,β-unsaturated/α-hetero) is 1. The van der Waals surface area contributed by atoms with E-state index in [2.05, 4.69) is 0 Å². The minimum absolute atomic E-state index is 0.00449. The molecule has 0 bridgehead atoms. The zero-order valence-electron chi connectivity index (χ0n) is 11.4. The van der Waals surface area contributed by atoms with E-state index in [1.165, 1.54) is 0 Å². The van der Waals surface area contributed by atoms with Crippen LogP contribution < -0.4 is 0 Å². The number of allylic oxidation sites excluding steroid dienone is 2. The average molecular weight is 268 g/mol. The van der Waals surface area contributed by atoms with Gasteiger partial charge in [0.05, 0.1) is 13.2 Å². The zero-order valence-corrected chi connectivity index (χ0v) is 11.4. The van der Waals surface area contributed by atoms with Crippen LogP contribution in [-0.2, 0) is 23.9 Å². The van der Waals surface area contributed by atoms with E-state index in [9.17, 15) is 14.4 Å². The maximum Gasteiger partial charge on any atom is 0.320 e. The van der Waals surface area contributed by atoms with Gasteiger partial charge < -0.3 is 9.47 Å². The van der Waals surface area contributed by atoms with E-state index in [1.807, 2.05) is 0 Å². The molecular weight excluding hydrogens is 248 g/mol. The number of esters is 2. The minimum Gasteiger partial charge on any atom is -0.465 e. The van der Waals surface area contributed by atoms with Crippen molar-refractivity contribution < 1.29 is 23.9 Å². The van der Waals surface area contributed by atoms with Gasteiger partial charge >= 0.3 is 11.9 Å². The predicted octanol–water partition coefficient (Wildman–Crippen LogP) is 1.80. The molecule has 0 N–H and O–H groups in total. The summed E-state index contributed by atoms with van der Waals surface area (Å²) in [7, 11) is 0. The van der Waals surface area contributed by atoms with E-state index in [0.717, 1.165) is 12.8 Å². The van der Waals surface area contributed by atoms with Crippen LogP contribution in [0.4, 0.5) is 0 Å². The first-order chi connectivity index (χ1) is 9.10. The summed E-state index contributed by atoms with van der Waals surface area (Å²) in [4.78, 5) is 35.3. The number of hydrogen-bond donors (Lipinski definition) is 0. The van der Waals surface area contributed by atoms with E-state index >= 15 is 0 Å². The monoisotopic (exact) mass is 268 g/mol. The van der Waals surface area contributed by atoms with Gasteiger partial charge in [-0.2, -0.15) is 0 Å². The molecule has 0 spiro atoms. The summed E-state index contributed by atoms with van der Waals surface area (Å²) in [6.45, 7) is 3.74.